The van der Waals surface area contributed by atoms with Crippen LogP contribution < -0.4 is 30.7 Å². The summed E-state index contributed by atoms with van der Waals surface area (Å²) in [5.74, 6) is -0.591. The predicted molar refractivity (Wildman–Crippen MR) is 278 cm³/mol. The molecule has 0 spiro atoms. The van der Waals surface area contributed by atoms with E-state index in [2.05, 4.69) is 43.7 Å². The second kappa shape index (κ2) is 20.2. The minimum Gasteiger partial charge on any atom is -0.494 e. The number of nitrogens with one attached hydrogen (secondary N) is 2. The van der Waals surface area contributed by atoms with Gasteiger partial charge in [0, 0.05) is 91.7 Å². The topological polar surface area (TPSA) is 164 Å². The second-order valence-electron chi connectivity index (χ2n) is 21.7. The third-order valence-electron chi connectivity index (χ3n) is 17.8. The van der Waals surface area contributed by atoms with Crippen molar-refractivity contribution in [2.24, 2.45) is 30.5 Å². The van der Waals surface area contributed by atoms with Crippen LogP contribution in [0.15, 0.2) is 66.7 Å². The number of urea groups is 1. The number of rotatable bonds is 12. The van der Waals surface area contributed by atoms with Gasteiger partial charge in [0.2, 0.25) is 17.7 Å². The van der Waals surface area contributed by atoms with Crippen molar-refractivity contribution in [2.75, 3.05) is 51.3 Å². The van der Waals surface area contributed by atoms with Gasteiger partial charge in [-0.2, -0.15) is 5.10 Å². The molecular formula is C57H65ClF2N8O6. The summed E-state index contributed by atoms with van der Waals surface area (Å²) in [5, 5.41) is 11.4. The number of imide groups is 1. The lowest BCUT2D eigenvalue weighted by Gasteiger charge is -2.50. The number of ether oxygens (including phenoxy) is 2. The molecule has 74 heavy (non-hydrogen) atoms. The molecule has 11 rings (SSSR count). The Labute approximate surface area is 435 Å². The number of nitrogens with zero attached hydrogens (tertiary/aromatic N) is 5. The zero-order valence-corrected chi connectivity index (χ0v) is 43.1. The number of anilines is 1. The van der Waals surface area contributed by atoms with Crippen molar-refractivity contribution in [1.29, 1.82) is 0 Å². The average Bonchev–Trinajstić information content (AvgIpc) is 3.89. The predicted octanol–water partition coefficient (Wildman–Crippen LogP) is 9.16. The van der Waals surface area contributed by atoms with Gasteiger partial charge in [-0.3, -0.25) is 29.3 Å². The Morgan fingerprint density at radius 1 is 0.905 bits per heavy atom. The number of primary amides is 1. The smallest absolute Gasteiger partial charge is 0.329 e. The lowest BCUT2D eigenvalue weighted by molar-refractivity contribution is -0.138. The molecule has 390 valence electrons. The SMILES string of the molecule is COc1ccc(C(N)=O)c(-c2c(Cl)c(F)cc3c2[C@H](C)[C@@](CNC2CCC(C(=O)N4CCC(C5CC(N6CCC(c7ccc8c(N9CCC(=O)NC9=O)nn(C)c8c7)CC6)C5)CC4)CC2)(c2ccccc2)O3)c1F. The number of piperidine rings is 2. The number of methoxy groups -OCH3 is 1. The average molecular weight is 1030 g/mol. The number of amides is 5. The van der Waals surface area contributed by atoms with Crippen molar-refractivity contribution >= 4 is 52.1 Å². The quantitative estimate of drug-likeness (QED) is 0.111. The van der Waals surface area contributed by atoms with E-state index in [0.717, 1.165) is 99.9 Å². The van der Waals surface area contributed by atoms with Crippen LogP contribution in [0.25, 0.3) is 22.0 Å². The third kappa shape index (κ3) is 8.97. The molecule has 0 radical (unpaired) electrons. The largest absolute Gasteiger partial charge is 0.494 e. The molecule has 3 saturated heterocycles. The van der Waals surface area contributed by atoms with Gasteiger partial charge >= 0.3 is 6.03 Å². The molecule has 5 heterocycles. The van der Waals surface area contributed by atoms with E-state index in [9.17, 15) is 19.2 Å². The van der Waals surface area contributed by atoms with Crippen LogP contribution in [0.3, 0.4) is 0 Å². The van der Waals surface area contributed by atoms with Gasteiger partial charge in [0.1, 0.15) is 11.6 Å². The van der Waals surface area contributed by atoms with Crippen LogP contribution in [0.5, 0.6) is 11.5 Å². The molecule has 4 N–H and O–H groups in total. The fourth-order valence-electron chi connectivity index (χ4n) is 13.5. The lowest BCUT2D eigenvalue weighted by Crippen LogP contribution is -2.51. The molecule has 2 aliphatic carbocycles. The van der Waals surface area contributed by atoms with Crippen molar-refractivity contribution in [2.45, 2.75) is 107 Å². The first-order valence-corrected chi connectivity index (χ1v) is 26.9. The molecule has 17 heteroatoms. The molecule has 4 aromatic carbocycles. The molecule has 2 saturated carbocycles. The van der Waals surface area contributed by atoms with Crippen LogP contribution in [-0.4, -0.2) is 102 Å². The van der Waals surface area contributed by atoms with Crippen molar-refractivity contribution in [1.82, 2.24) is 30.2 Å². The number of fused-ring (bicyclic) bond motifs is 2. The maximum Gasteiger partial charge on any atom is 0.329 e. The van der Waals surface area contributed by atoms with Crippen LogP contribution in [0, 0.1) is 29.4 Å². The molecule has 1 aromatic heterocycles. The Bertz CT molecular complexity index is 3000. The first-order valence-electron chi connectivity index (χ1n) is 26.5. The van der Waals surface area contributed by atoms with E-state index in [1.54, 1.807) is 4.90 Å². The summed E-state index contributed by atoms with van der Waals surface area (Å²) in [4.78, 5) is 57.4. The van der Waals surface area contributed by atoms with E-state index in [0.29, 0.717) is 42.3 Å². The molecule has 6 aliphatic rings. The van der Waals surface area contributed by atoms with E-state index in [-0.39, 0.29) is 63.4 Å². The molecular weight excluding hydrogens is 966 g/mol. The maximum atomic E-state index is 16.3. The highest BCUT2D eigenvalue weighted by Gasteiger charge is 2.51. The fourth-order valence-corrected chi connectivity index (χ4v) is 13.7. The van der Waals surface area contributed by atoms with Crippen molar-refractivity contribution < 1.29 is 37.4 Å². The van der Waals surface area contributed by atoms with Crippen LogP contribution in [-0.2, 0) is 22.2 Å². The minimum absolute atomic E-state index is 0.00651. The van der Waals surface area contributed by atoms with Gasteiger partial charge in [-0.1, -0.05) is 54.9 Å². The molecule has 5 aromatic rings. The molecule has 5 amide bonds. The van der Waals surface area contributed by atoms with Crippen molar-refractivity contribution in [3.05, 3.63) is 106 Å². The molecule has 4 aliphatic heterocycles. The number of hydrogen-bond acceptors (Lipinski definition) is 9. The highest BCUT2D eigenvalue weighted by atomic mass is 35.5. The number of nitrogens with two attached hydrogens (primary N) is 1. The minimum atomic E-state index is -1.06. The summed E-state index contributed by atoms with van der Waals surface area (Å²) >= 11 is 6.72. The van der Waals surface area contributed by atoms with Crippen LogP contribution in [0.2, 0.25) is 5.02 Å². The molecule has 2 atom stereocenters. The standard InChI is InChI=1S/C57H65ClF2N8O6/c1-32-48-46(30-43(59)51(58)50(48)49-42(53(61)70)15-16-45(73-3)52(49)60)74-57(32,38-7-5-4-6-8-38)31-62-39-12-9-35(10-13-39)55(71)67-24-19-34(20-25-67)37-27-40(28-37)66-22-17-33(18-23-66)36-11-14-41-44(29-36)65(2)64-54(41)68-26-21-47(69)63-56(68)72/h4-8,11,14-16,29-30,32-35,37,39-40,62H,9-10,12-13,17-28,31H2,1-3H3,(H2,61,70)(H,63,69,72)/t32-,35?,37?,39?,40?,57-/m0/s1. The number of aromatic nitrogens is 2. The zero-order chi connectivity index (χ0) is 51.6. The summed E-state index contributed by atoms with van der Waals surface area (Å²) in [7, 11) is 3.21. The summed E-state index contributed by atoms with van der Waals surface area (Å²) in [6.45, 7) is 6.43. The summed E-state index contributed by atoms with van der Waals surface area (Å²) in [5.41, 5.74) is 7.92. The van der Waals surface area contributed by atoms with Crippen LogP contribution in [0.1, 0.15) is 116 Å². The van der Waals surface area contributed by atoms with E-state index in [1.165, 1.54) is 43.7 Å². The van der Waals surface area contributed by atoms with Crippen LogP contribution >= 0.6 is 11.6 Å². The Morgan fingerprint density at radius 2 is 1.64 bits per heavy atom. The van der Waals surface area contributed by atoms with Gasteiger partial charge in [0.25, 0.3) is 0 Å². The zero-order valence-electron chi connectivity index (χ0n) is 42.3. The third-order valence-corrected chi connectivity index (χ3v) is 18.2. The fraction of sp³-hybridized carbons (Fsp3) is 0.491. The molecule has 5 fully saturated rings. The van der Waals surface area contributed by atoms with E-state index in [1.807, 2.05) is 49.0 Å². The number of benzene rings is 4. The Hall–Kier alpha value is -6.10. The monoisotopic (exact) mass is 1030 g/mol. The number of carbonyl (C=O) groups excluding carboxylic acids is 4. The molecule has 0 unspecified atom stereocenters. The van der Waals surface area contributed by atoms with Gasteiger partial charge in [0.15, 0.2) is 23.0 Å². The Balaban J connectivity index is 0.661. The van der Waals surface area contributed by atoms with Crippen LogP contribution in [0.4, 0.5) is 19.4 Å². The highest BCUT2D eigenvalue weighted by Crippen LogP contribution is 2.57. The van der Waals surface area contributed by atoms with Gasteiger partial charge in [0.05, 0.1) is 23.2 Å². The first kappa shape index (κ1) is 50.1. The van der Waals surface area contributed by atoms with Gasteiger partial charge < -0.3 is 30.3 Å². The lowest BCUT2D eigenvalue weighted by atomic mass is 9.68. The van der Waals surface area contributed by atoms with E-state index >= 15 is 8.78 Å². The first-order chi connectivity index (χ1) is 35.7. The van der Waals surface area contributed by atoms with Crippen molar-refractivity contribution in [3.8, 4) is 22.6 Å². The normalized spacial score (nSPS) is 25.9. The Morgan fingerprint density at radius 3 is 2.32 bits per heavy atom. The van der Waals surface area contributed by atoms with E-state index < -0.39 is 35.1 Å². The Kier molecular flexibility index (Phi) is 13.7. The van der Waals surface area contributed by atoms with Gasteiger partial charge in [-0.25, -0.2) is 13.6 Å². The maximum absolute atomic E-state index is 16.3. The van der Waals surface area contributed by atoms with E-state index in [4.69, 9.17) is 26.8 Å². The van der Waals surface area contributed by atoms with Gasteiger partial charge in [-0.05, 0) is 130 Å². The second-order valence-corrected chi connectivity index (χ2v) is 22.1. The number of aryl methyl sites for hydroxylation is 1. The molecule has 14 nitrogen and oxygen atoms in total. The van der Waals surface area contributed by atoms with Gasteiger partial charge in [-0.15, -0.1) is 0 Å². The highest BCUT2D eigenvalue weighted by molar-refractivity contribution is 6.34. The summed E-state index contributed by atoms with van der Waals surface area (Å²) in [6, 6.07) is 20.4. The number of carbonyl (C=O) groups is 4. The van der Waals surface area contributed by atoms with Crippen molar-refractivity contribution in [3.63, 3.8) is 0 Å². The number of halogens is 3. The molecule has 0 bridgehead atoms. The summed E-state index contributed by atoms with van der Waals surface area (Å²) in [6.07, 6.45) is 10.3. The summed E-state index contributed by atoms with van der Waals surface area (Å²) < 4.78 is 46.0. The number of likely N-dealkylation sites (tertiary alicyclic amines) is 2. The number of hydrogen-bond donors (Lipinski definition) is 3.